The van der Waals surface area contributed by atoms with Crippen LogP contribution in [0.15, 0.2) is 12.2 Å². The minimum atomic E-state index is -0.0365. The lowest BCUT2D eigenvalue weighted by molar-refractivity contribution is 0.237. The Kier molecular flexibility index (Phi) is 3.64. The van der Waals surface area contributed by atoms with Crippen LogP contribution in [-0.4, -0.2) is 18.6 Å². The largest absolute Gasteiger partial charge is 0.338 e. The molecule has 1 aliphatic carbocycles. The fourth-order valence-electron chi connectivity index (χ4n) is 1.21. The summed E-state index contributed by atoms with van der Waals surface area (Å²) < 4.78 is 0. The molecule has 0 heterocycles. The lowest BCUT2D eigenvalue weighted by atomic mass is 10.2. The van der Waals surface area contributed by atoms with Crippen LogP contribution in [0.5, 0.6) is 0 Å². The molecule has 2 N–H and O–H groups in total. The lowest BCUT2D eigenvalue weighted by Gasteiger charge is -2.12. The summed E-state index contributed by atoms with van der Waals surface area (Å²) in [6.45, 7) is 2.80. The van der Waals surface area contributed by atoms with E-state index in [4.69, 9.17) is 0 Å². The van der Waals surface area contributed by atoms with Gasteiger partial charge >= 0.3 is 6.03 Å². The second-order valence-electron chi connectivity index (χ2n) is 3.04. The standard InChI is InChI=1S/C9H16N2O/c1-2-7-10-9(12)11-8-5-3-4-6-8/h3-4,8H,2,5-7H2,1H3,(H2,10,11,12). The molecule has 12 heavy (non-hydrogen) atoms. The number of urea groups is 1. The van der Waals surface area contributed by atoms with Gasteiger partial charge in [-0.15, -0.1) is 0 Å². The highest BCUT2D eigenvalue weighted by Gasteiger charge is 2.11. The monoisotopic (exact) mass is 168 g/mol. The molecule has 0 radical (unpaired) electrons. The molecule has 0 spiro atoms. The predicted octanol–water partition coefficient (Wildman–Crippen LogP) is 1.41. The van der Waals surface area contributed by atoms with Gasteiger partial charge in [-0.2, -0.15) is 0 Å². The van der Waals surface area contributed by atoms with Crippen LogP contribution in [0.3, 0.4) is 0 Å². The number of hydrogen-bond donors (Lipinski definition) is 2. The zero-order valence-electron chi connectivity index (χ0n) is 7.47. The SMILES string of the molecule is CCCNC(=O)NC1CC=CC1. The fraction of sp³-hybridized carbons (Fsp3) is 0.667. The van der Waals surface area contributed by atoms with E-state index in [0.29, 0.717) is 6.04 Å². The van der Waals surface area contributed by atoms with E-state index in [1.54, 1.807) is 0 Å². The van der Waals surface area contributed by atoms with E-state index in [1.807, 2.05) is 6.92 Å². The van der Waals surface area contributed by atoms with Crippen LogP contribution in [0, 0.1) is 0 Å². The van der Waals surface area contributed by atoms with Crippen LogP contribution in [0.25, 0.3) is 0 Å². The molecule has 3 heteroatoms. The van der Waals surface area contributed by atoms with Crippen LogP contribution in [0.4, 0.5) is 4.79 Å². The molecular weight excluding hydrogens is 152 g/mol. The molecule has 68 valence electrons. The van der Waals surface area contributed by atoms with E-state index in [-0.39, 0.29) is 6.03 Å². The summed E-state index contributed by atoms with van der Waals surface area (Å²) in [5, 5.41) is 5.68. The first-order chi connectivity index (χ1) is 5.83. The Morgan fingerprint density at radius 1 is 1.50 bits per heavy atom. The first-order valence-electron chi connectivity index (χ1n) is 4.52. The molecule has 3 nitrogen and oxygen atoms in total. The second kappa shape index (κ2) is 4.80. The van der Waals surface area contributed by atoms with Crippen LogP contribution >= 0.6 is 0 Å². The van der Waals surface area contributed by atoms with Crippen LogP contribution in [0.2, 0.25) is 0 Å². The van der Waals surface area contributed by atoms with Gasteiger partial charge in [-0.3, -0.25) is 0 Å². The molecule has 0 saturated heterocycles. The molecule has 0 aromatic carbocycles. The summed E-state index contributed by atoms with van der Waals surface area (Å²) in [7, 11) is 0. The molecule has 0 unspecified atom stereocenters. The van der Waals surface area contributed by atoms with Gasteiger partial charge < -0.3 is 10.6 Å². The van der Waals surface area contributed by atoms with Gasteiger partial charge in [-0.25, -0.2) is 4.79 Å². The Labute approximate surface area is 73.2 Å². The lowest BCUT2D eigenvalue weighted by Crippen LogP contribution is -2.41. The zero-order valence-corrected chi connectivity index (χ0v) is 7.47. The van der Waals surface area contributed by atoms with Gasteiger partial charge in [0.25, 0.3) is 0 Å². The average Bonchev–Trinajstić information content (AvgIpc) is 2.53. The summed E-state index contributed by atoms with van der Waals surface area (Å²) in [5.41, 5.74) is 0. The number of nitrogens with one attached hydrogen (secondary N) is 2. The number of hydrogen-bond acceptors (Lipinski definition) is 1. The van der Waals surface area contributed by atoms with E-state index in [9.17, 15) is 4.79 Å². The molecule has 0 bridgehead atoms. The summed E-state index contributed by atoms with van der Waals surface area (Å²) in [6.07, 6.45) is 7.13. The molecule has 0 saturated carbocycles. The van der Waals surface area contributed by atoms with E-state index < -0.39 is 0 Å². The van der Waals surface area contributed by atoms with Crippen molar-refractivity contribution in [2.24, 2.45) is 0 Å². The second-order valence-corrected chi connectivity index (χ2v) is 3.04. The van der Waals surface area contributed by atoms with Crippen molar-refractivity contribution in [3.8, 4) is 0 Å². The highest BCUT2D eigenvalue weighted by atomic mass is 16.2. The minimum absolute atomic E-state index is 0.0365. The molecule has 2 amide bonds. The van der Waals surface area contributed by atoms with Gasteiger partial charge in [0.15, 0.2) is 0 Å². The molecule has 0 atom stereocenters. The predicted molar refractivity (Wildman–Crippen MR) is 49.0 cm³/mol. The van der Waals surface area contributed by atoms with Gasteiger partial charge in [0.1, 0.15) is 0 Å². The topological polar surface area (TPSA) is 41.1 Å². The summed E-state index contributed by atoms with van der Waals surface area (Å²) >= 11 is 0. The third-order valence-electron chi connectivity index (χ3n) is 1.88. The highest BCUT2D eigenvalue weighted by molar-refractivity contribution is 5.74. The maximum absolute atomic E-state index is 11.1. The van der Waals surface area contributed by atoms with Gasteiger partial charge in [-0.05, 0) is 19.3 Å². The van der Waals surface area contributed by atoms with Crippen molar-refractivity contribution in [2.45, 2.75) is 32.2 Å². The van der Waals surface area contributed by atoms with Gasteiger partial charge in [0.2, 0.25) is 0 Å². The van der Waals surface area contributed by atoms with Crippen molar-refractivity contribution in [3.63, 3.8) is 0 Å². The number of carbonyl (C=O) groups is 1. The number of carbonyl (C=O) groups excluding carboxylic acids is 1. The van der Waals surface area contributed by atoms with Gasteiger partial charge in [0, 0.05) is 12.6 Å². The molecule has 1 rings (SSSR count). The summed E-state index contributed by atoms with van der Waals surface area (Å²) in [5.74, 6) is 0. The van der Waals surface area contributed by atoms with E-state index in [0.717, 1.165) is 25.8 Å². The van der Waals surface area contributed by atoms with Crippen molar-refractivity contribution in [3.05, 3.63) is 12.2 Å². The summed E-state index contributed by atoms with van der Waals surface area (Å²) in [6, 6.07) is 0.285. The van der Waals surface area contributed by atoms with Gasteiger partial charge in [-0.1, -0.05) is 19.1 Å². The van der Waals surface area contributed by atoms with Crippen molar-refractivity contribution >= 4 is 6.03 Å². The Bertz CT molecular complexity index is 169. The molecule has 0 fully saturated rings. The van der Waals surface area contributed by atoms with Crippen LogP contribution in [0.1, 0.15) is 26.2 Å². The molecule has 0 aliphatic heterocycles. The normalized spacial score (nSPS) is 16.4. The van der Waals surface area contributed by atoms with Crippen molar-refractivity contribution in [1.29, 1.82) is 0 Å². The number of amides is 2. The average molecular weight is 168 g/mol. The van der Waals surface area contributed by atoms with Crippen molar-refractivity contribution < 1.29 is 4.79 Å². The van der Waals surface area contributed by atoms with E-state index in [2.05, 4.69) is 22.8 Å². The zero-order chi connectivity index (χ0) is 8.81. The first kappa shape index (κ1) is 9.10. The van der Waals surface area contributed by atoms with Crippen molar-refractivity contribution in [2.75, 3.05) is 6.54 Å². The minimum Gasteiger partial charge on any atom is -0.338 e. The Balaban J connectivity index is 2.09. The van der Waals surface area contributed by atoms with E-state index in [1.165, 1.54) is 0 Å². The fourth-order valence-corrected chi connectivity index (χ4v) is 1.21. The molecule has 1 aliphatic rings. The third-order valence-corrected chi connectivity index (χ3v) is 1.88. The quantitative estimate of drug-likeness (QED) is 0.615. The van der Waals surface area contributed by atoms with E-state index >= 15 is 0 Å². The third kappa shape index (κ3) is 2.95. The Morgan fingerprint density at radius 2 is 2.17 bits per heavy atom. The smallest absolute Gasteiger partial charge is 0.315 e. The maximum atomic E-state index is 11.1. The first-order valence-corrected chi connectivity index (χ1v) is 4.52. The van der Waals surface area contributed by atoms with Crippen molar-refractivity contribution in [1.82, 2.24) is 10.6 Å². The Morgan fingerprint density at radius 3 is 2.75 bits per heavy atom. The molecule has 0 aromatic heterocycles. The highest BCUT2D eigenvalue weighted by Crippen LogP contribution is 2.08. The molecule has 0 aromatic rings. The molecular formula is C9H16N2O. The maximum Gasteiger partial charge on any atom is 0.315 e. The van der Waals surface area contributed by atoms with Crippen LogP contribution in [-0.2, 0) is 0 Å². The Hall–Kier alpha value is -0.990. The van der Waals surface area contributed by atoms with Crippen LogP contribution < -0.4 is 10.6 Å². The van der Waals surface area contributed by atoms with Gasteiger partial charge in [0.05, 0.1) is 0 Å². The summed E-state index contributed by atoms with van der Waals surface area (Å²) in [4.78, 5) is 11.1. The number of rotatable bonds is 3.